The van der Waals surface area contributed by atoms with Crippen molar-refractivity contribution in [2.45, 2.75) is 45.7 Å². The van der Waals surface area contributed by atoms with Crippen molar-refractivity contribution in [3.05, 3.63) is 52.8 Å². The van der Waals surface area contributed by atoms with Gasteiger partial charge in [-0.15, -0.1) is 0 Å². The normalized spacial score (nSPS) is 14.5. The van der Waals surface area contributed by atoms with E-state index in [1.165, 1.54) is 18.2 Å². The second kappa shape index (κ2) is 10.6. The van der Waals surface area contributed by atoms with Crippen molar-refractivity contribution in [1.29, 1.82) is 0 Å². The summed E-state index contributed by atoms with van der Waals surface area (Å²) >= 11 is 5.82. The number of hydrogen-bond acceptors (Lipinski definition) is 3. The first-order valence-electron chi connectivity index (χ1n) is 10.7. The zero-order chi connectivity index (χ0) is 22.4. The molecular formula is C22H29ClFN5O2. The van der Waals surface area contributed by atoms with Crippen molar-refractivity contribution >= 4 is 23.5 Å². The van der Waals surface area contributed by atoms with E-state index in [1.807, 2.05) is 29.5 Å². The number of rotatable bonds is 7. The average Bonchev–Trinajstić information content (AvgIpc) is 3.19. The molecule has 0 spiro atoms. The van der Waals surface area contributed by atoms with Crippen molar-refractivity contribution in [2.75, 3.05) is 26.2 Å². The monoisotopic (exact) mass is 449 g/mol. The van der Waals surface area contributed by atoms with Crippen LogP contribution >= 0.6 is 11.6 Å². The van der Waals surface area contributed by atoms with Gasteiger partial charge in [-0.1, -0.05) is 18.5 Å². The smallest absolute Gasteiger partial charge is 0.317 e. The number of imidazole rings is 1. The first-order valence-corrected chi connectivity index (χ1v) is 11.0. The molecule has 1 fully saturated rings. The number of nitrogens with zero attached hydrogens (tertiary/aromatic N) is 4. The molecule has 0 bridgehead atoms. The molecule has 0 saturated carbocycles. The summed E-state index contributed by atoms with van der Waals surface area (Å²) in [5, 5.41) is 2.92. The van der Waals surface area contributed by atoms with Gasteiger partial charge >= 0.3 is 6.03 Å². The molecule has 31 heavy (non-hydrogen) atoms. The lowest BCUT2D eigenvalue weighted by molar-refractivity contribution is 0.0649. The van der Waals surface area contributed by atoms with Crippen LogP contribution in [0.2, 0.25) is 5.02 Å². The minimum Gasteiger partial charge on any atom is -0.338 e. The van der Waals surface area contributed by atoms with Gasteiger partial charge in [0.25, 0.3) is 5.91 Å². The molecule has 1 aromatic carbocycles. The number of benzene rings is 1. The third-order valence-corrected chi connectivity index (χ3v) is 5.94. The maximum Gasteiger partial charge on any atom is 0.317 e. The van der Waals surface area contributed by atoms with Crippen LogP contribution in [0.5, 0.6) is 0 Å². The SMILES string of the molecule is CCCNC(=O)N(CCn1ccnc1C)C1CCN(C(=O)c2ccc(F)c(Cl)c2)CC1. The molecule has 7 nitrogen and oxygen atoms in total. The van der Waals surface area contributed by atoms with Gasteiger partial charge < -0.3 is 19.7 Å². The Morgan fingerprint density at radius 2 is 2.06 bits per heavy atom. The van der Waals surface area contributed by atoms with Gasteiger partial charge in [0.1, 0.15) is 11.6 Å². The van der Waals surface area contributed by atoms with E-state index in [9.17, 15) is 14.0 Å². The molecule has 3 amide bonds. The predicted molar refractivity (Wildman–Crippen MR) is 118 cm³/mol. The molecule has 0 radical (unpaired) electrons. The van der Waals surface area contributed by atoms with Crippen molar-refractivity contribution in [2.24, 2.45) is 0 Å². The summed E-state index contributed by atoms with van der Waals surface area (Å²) in [5.74, 6) is 0.197. The minimum atomic E-state index is -0.543. The molecule has 1 aromatic heterocycles. The van der Waals surface area contributed by atoms with Crippen LogP contribution < -0.4 is 5.32 Å². The topological polar surface area (TPSA) is 70.5 Å². The molecule has 168 valence electrons. The Morgan fingerprint density at radius 1 is 1.32 bits per heavy atom. The third kappa shape index (κ3) is 5.76. The molecule has 2 aromatic rings. The van der Waals surface area contributed by atoms with Crippen LogP contribution in [-0.2, 0) is 6.54 Å². The summed E-state index contributed by atoms with van der Waals surface area (Å²) in [5.41, 5.74) is 0.373. The summed E-state index contributed by atoms with van der Waals surface area (Å²) < 4.78 is 15.4. The van der Waals surface area contributed by atoms with Crippen LogP contribution in [-0.4, -0.2) is 63.5 Å². The number of carbonyl (C=O) groups is 2. The second-order valence-electron chi connectivity index (χ2n) is 7.75. The maximum atomic E-state index is 13.4. The fraction of sp³-hybridized carbons (Fsp3) is 0.500. The van der Waals surface area contributed by atoms with Gasteiger partial charge in [0.2, 0.25) is 0 Å². The summed E-state index contributed by atoms with van der Waals surface area (Å²) in [6.07, 6.45) is 5.90. The maximum absolute atomic E-state index is 13.4. The Morgan fingerprint density at radius 3 is 2.68 bits per heavy atom. The number of halogens is 2. The number of aromatic nitrogens is 2. The lowest BCUT2D eigenvalue weighted by Crippen LogP contribution is -2.52. The van der Waals surface area contributed by atoms with E-state index in [4.69, 9.17) is 11.6 Å². The van der Waals surface area contributed by atoms with E-state index in [-0.39, 0.29) is 23.0 Å². The highest BCUT2D eigenvalue weighted by atomic mass is 35.5. The first kappa shape index (κ1) is 23.1. The zero-order valence-corrected chi connectivity index (χ0v) is 18.7. The highest BCUT2D eigenvalue weighted by Crippen LogP contribution is 2.21. The van der Waals surface area contributed by atoms with Gasteiger partial charge in [0.05, 0.1) is 5.02 Å². The molecule has 1 N–H and O–H groups in total. The van der Waals surface area contributed by atoms with E-state index in [0.717, 1.165) is 12.2 Å². The van der Waals surface area contributed by atoms with Crippen molar-refractivity contribution < 1.29 is 14.0 Å². The fourth-order valence-corrected chi connectivity index (χ4v) is 4.01. The van der Waals surface area contributed by atoms with E-state index >= 15 is 0 Å². The summed E-state index contributed by atoms with van der Waals surface area (Å²) in [7, 11) is 0. The van der Waals surface area contributed by atoms with Crippen molar-refractivity contribution in [3.8, 4) is 0 Å². The van der Waals surface area contributed by atoms with Crippen LogP contribution in [0.4, 0.5) is 9.18 Å². The molecule has 1 aliphatic rings. The Hall–Kier alpha value is -2.61. The molecular weight excluding hydrogens is 421 g/mol. The molecule has 3 rings (SSSR count). The largest absolute Gasteiger partial charge is 0.338 e. The van der Waals surface area contributed by atoms with Crippen LogP contribution in [0.25, 0.3) is 0 Å². The standard InChI is InChI=1S/C22H29ClFN5O2/c1-3-8-26-22(31)29(14-13-27-12-9-25-16(27)2)18-6-10-28(11-7-18)21(30)17-4-5-20(24)19(23)15-17/h4-5,9,12,15,18H,3,6-8,10-11,13-14H2,1-2H3,(H,26,31). The van der Waals surface area contributed by atoms with Gasteiger partial charge in [0.15, 0.2) is 0 Å². The van der Waals surface area contributed by atoms with Crippen molar-refractivity contribution in [3.63, 3.8) is 0 Å². The highest BCUT2D eigenvalue weighted by Gasteiger charge is 2.30. The van der Waals surface area contributed by atoms with Crippen molar-refractivity contribution in [1.82, 2.24) is 24.7 Å². The predicted octanol–water partition coefficient (Wildman–Crippen LogP) is 3.71. The number of urea groups is 1. The Balaban J connectivity index is 1.63. The quantitative estimate of drug-likeness (QED) is 0.700. The summed E-state index contributed by atoms with van der Waals surface area (Å²) in [6.45, 7) is 6.87. The van der Waals surface area contributed by atoms with Gasteiger partial charge in [-0.25, -0.2) is 14.2 Å². The van der Waals surface area contributed by atoms with E-state index < -0.39 is 5.82 Å². The molecule has 9 heteroatoms. The number of amides is 3. The summed E-state index contributed by atoms with van der Waals surface area (Å²) in [4.78, 5) is 33.4. The van der Waals surface area contributed by atoms with Crippen LogP contribution in [0.3, 0.4) is 0 Å². The number of piperidine rings is 1. The second-order valence-corrected chi connectivity index (χ2v) is 8.15. The average molecular weight is 450 g/mol. The number of carbonyl (C=O) groups excluding carboxylic acids is 2. The molecule has 1 aliphatic heterocycles. The van der Waals surface area contributed by atoms with Gasteiger partial charge in [-0.05, 0) is 44.4 Å². The Bertz CT molecular complexity index is 911. The Kier molecular flexibility index (Phi) is 7.90. The molecule has 1 saturated heterocycles. The van der Waals surface area contributed by atoms with Gasteiger partial charge in [-0.3, -0.25) is 4.79 Å². The van der Waals surface area contributed by atoms with Crippen LogP contribution in [0, 0.1) is 12.7 Å². The number of nitrogens with one attached hydrogen (secondary N) is 1. The molecule has 0 aliphatic carbocycles. The van der Waals surface area contributed by atoms with E-state index in [0.29, 0.717) is 51.1 Å². The first-order chi connectivity index (χ1) is 14.9. The van der Waals surface area contributed by atoms with E-state index in [2.05, 4.69) is 10.3 Å². The number of likely N-dealkylation sites (tertiary alicyclic amines) is 1. The van der Waals surface area contributed by atoms with Gasteiger partial charge in [0, 0.05) is 56.7 Å². The zero-order valence-electron chi connectivity index (χ0n) is 18.0. The number of aryl methyl sites for hydroxylation is 1. The molecule has 0 atom stereocenters. The molecule has 0 unspecified atom stereocenters. The highest BCUT2D eigenvalue weighted by molar-refractivity contribution is 6.31. The summed E-state index contributed by atoms with van der Waals surface area (Å²) in [6, 6.07) is 3.99. The number of hydrogen-bond donors (Lipinski definition) is 1. The minimum absolute atomic E-state index is 0.0431. The lowest BCUT2D eigenvalue weighted by Gasteiger charge is -2.38. The third-order valence-electron chi connectivity index (χ3n) is 5.65. The van der Waals surface area contributed by atoms with Crippen LogP contribution in [0.1, 0.15) is 42.4 Å². The lowest BCUT2D eigenvalue weighted by atomic mass is 10.0. The molecule has 2 heterocycles. The Labute approximate surface area is 187 Å². The van der Waals surface area contributed by atoms with E-state index in [1.54, 1.807) is 11.1 Å². The van der Waals surface area contributed by atoms with Crippen LogP contribution in [0.15, 0.2) is 30.6 Å². The van der Waals surface area contributed by atoms with Gasteiger partial charge in [-0.2, -0.15) is 0 Å². The fourth-order valence-electron chi connectivity index (χ4n) is 3.83.